The van der Waals surface area contributed by atoms with E-state index in [-0.39, 0.29) is 0 Å². The summed E-state index contributed by atoms with van der Waals surface area (Å²) in [5.74, 6) is 0.991. The zero-order valence-corrected chi connectivity index (χ0v) is 8.69. The Hall–Kier alpha value is -2.70. The molecule has 0 unspecified atom stereocenters. The minimum atomic E-state index is -0.441. The van der Waals surface area contributed by atoms with Gasteiger partial charge in [0.25, 0.3) is 0 Å². The Labute approximate surface area is 95.4 Å². The molecule has 3 heterocycles. The molecule has 0 aliphatic heterocycles. The van der Waals surface area contributed by atoms with Gasteiger partial charge in [-0.1, -0.05) is 0 Å². The number of hydrogen-bond acceptors (Lipinski definition) is 4. The van der Waals surface area contributed by atoms with Crippen molar-refractivity contribution in [3.05, 3.63) is 53.5 Å². The second-order valence-corrected chi connectivity index (χ2v) is 3.33. The minimum Gasteiger partial charge on any atom is -0.290 e. The number of H-pyrrole nitrogens is 1. The van der Waals surface area contributed by atoms with Crippen molar-refractivity contribution in [2.75, 3.05) is 0 Å². The van der Waals surface area contributed by atoms with Crippen molar-refractivity contribution in [1.29, 1.82) is 0 Å². The molecule has 0 radical (unpaired) electrons. The summed E-state index contributed by atoms with van der Waals surface area (Å²) < 4.78 is 3.07. The largest absolute Gasteiger partial charge is 0.348 e. The van der Waals surface area contributed by atoms with Gasteiger partial charge in [0, 0.05) is 30.9 Å². The Balaban J connectivity index is 2.17. The van der Waals surface area contributed by atoms with Crippen molar-refractivity contribution >= 4 is 0 Å². The van der Waals surface area contributed by atoms with Gasteiger partial charge in [-0.3, -0.25) is 4.98 Å². The second-order valence-electron chi connectivity index (χ2n) is 3.33. The SMILES string of the molecule is O=c1nc(-n2cccn2)cc(-n2cccn2)[nH]1. The summed E-state index contributed by atoms with van der Waals surface area (Å²) >= 11 is 0. The molecular weight excluding hydrogens is 220 g/mol. The van der Waals surface area contributed by atoms with Crippen LogP contribution in [0.2, 0.25) is 0 Å². The third-order valence-corrected chi connectivity index (χ3v) is 2.21. The quantitative estimate of drug-likeness (QED) is 0.676. The smallest absolute Gasteiger partial charge is 0.290 e. The number of nitrogens with zero attached hydrogens (tertiary/aromatic N) is 5. The van der Waals surface area contributed by atoms with Crippen LogP contribution in [0.25, 0.3) is 11.6 Å². The normalized spacial score (nSPS) is 10.6. The summed E-state index contributed by atoms with van der Waals surface area (Å²) in [6.45, 7) is 0. The molecule has 0 aliphatic rings. The molecule has 0 aliphatic carbocycles. The van der Waals surface area contributed by atoms with Crippen molar-refractivity contribution in [3.8, 4) is 11.6 Å². The van der Waals surface area contributed by atoms with Crippen LogP contribution in [0.1, 0.15) is 0 Å². The molecule has 17 heavy (non-hydrogen) atoms. The zero-order chi connectivity index (χ0) is 11.7. The van der Waals surface area contributed by atoms with Crippen LogP contribution in [0.3, 0.4) is 0 Å². The molecule has 1 N–H and O–H groups in total. The fraction of sp³-hybridized carbons (Fsp3) is 0. The van der Waals surface area contributed by atoms with Gasteiger partial charge in [-0.25, -0.2) is 14.2 Å². The Bertz CT molecular complexity index is 612. The maximum atomic E-state index is 11.5. The van der Waals surface area contributed by atoms with Crippen LogP contribution < -0.4 is 5.69 Å². The van der Waals surface area contributed by atoms with Gasteiger partial charge in [-0.2, -0.15) is 15.2 Å². The van der Waals surface area contributed by atoms with E-state index in [1.54, 1.807) is 47.7 Å². The first-order valence-corrected chi connectivity index (χ1v) is 4.94. The molecule has 0 amide bonds. The number of aromatic amines is 1. The maximum Gasteiger partial charge on any atom is 0.348 e. The molecule has 3 aromatic rings. The molecule has 0 saturated heterocycles. The second kappa shape index (κ2) is 3.71. The van der Waals surface area contributed by atoms with E-state index in [4.69, 9.17) is 0 Å². The van der Waals surface area contributed by atoms with Gasteiger partial charge in [0.2, 0.25) is 0 Å². The highest BCUT2D eigenvalue weighted by Gasteiger charge is 2.04. The maximum absolute atomic E-state index is 11.5. The fourth-order valence-corrected chi connectivity index (χ4v) is 1.49. The van der Waals surface area contributed by atoms with Crippen LogP contribution in [0.4, 0.5) is 0 Å². The molecule has 0 aromatic carbocycles. The van der Waals surface area contributed by atoms with Crippen LogP contribution >= 0.6 is 0 Å². The van der Waals surface area contributed by atoms with Gasteiger partial charge in [0.05, 0.1) is 0 Å². The van der Waals surface area contributed by atoms with Gasteiger partial charge in [0.15, 0.2) is 5.82 Å². The van der Waals surface area contributed by atoms with Gasteiger partial charge >= 0.3 is 5.69 Å². The van der Waals surface area contributed by atoms with E-state index in [9.17, 15) is 4.79 Å². The predicted molar refractivity (Wildman–Crippen MR) is 59.1 cm³/mol. The lowest BCUT2D eigenvalue weighted by Gasteiger charge is -2.03. The highest BCUT2D eigenvalue weighted by molar-refractivity contribution is 5.30. The molecular formula is C10H8N6O. The van der Waals surface area contributed by atoms with E-state index in [1.165, 1.54) is 4.68 Å². The molecule has 0 spiro atoms. The molecule has 0 atom stereocenters. The lowest BCUT2D eigenvalue weighted by Crippen LogP contribution is -2.17. The molecule has 0 fully saturated rings. The summed E-state index contributed by atoms with van der Waals surface area (Å²) in [5, 5.41) is 8.06. The van der Waals surface area contributed by atoms with Crippen molar-refractivity contribution < 1.29 is 0 Å². The first-order chi connectivity index (χ1) is 8.33. The van der Waals surface area contributed by atoms with Crippen molar-refractivity contribution in [3.63, 3.8) is 0 Å². The molecule has 7 nitrogen and oxygen atoms in total. The van der Waals surface area contributed by atoms with E-state index >= 15 is 0 Å². The van der Waals surface area contributed by atoms with Gasteiger partial charge in [-0.15, -0.1) is 0 Å². The van der Waals surface area contributed by atoms with E-state index in [0.717, 1.165) is 0 Å². The summed E-state index contributed by atoms with van der Waals surface area (Å²) in [7, 11) is 0. The lowest BCUT2D eigenvalue weighted by atomic mass is 10.5. The summed E-state index contributed by atoms with van der Waals surface area (Å²) in [6, 6.07) is 5.23. The minimum absolute atomic E-state index is 0.441. The Kier molecular flexibility index (Phi) is 2.08. The zero-order valence-electron chi connectivity index (χ0n) is 8.69. The molecule has 7 heteroatoms. The Morgan fingerprint density at radius 1 is 1.06 bits per heavy atom. The summed E-state index contributed by atoms with van der Waals surface area (Å²) in [5.41, 5.74) is -0.441. The van der Waals surface area contributed by atoms with Gasteiger partial charge < -0.3 is 0 Å². The van der Waals surface area contributed by atoms with Crippen molar-refractivity contribution in [1.82, 2.24) is 29.5 Å². The third kappa shape index (κ3) is 1.73. The van der Waals surface area contributed by atoms with E-state index < -0.39 is 5.69 Å². The van der Waals surface area contributed by atoms with Crippen molar-refractivity contribution in [2.24, 2.45) is 0 Å². The number of hydrogen-bond donors (Lipinski definition) is 1. The summed E-state index contributed by atoms with van der Waals surface area (Å²) in [4.78, 5) is 17.9. The average molecular weight is 228 g/mol. The monoisotopic (exact) mass is 228 g/mol. The van der Waals surface area contributed by atoms with Gasteiger partial charge in [-0.05, 0) is 12.1 Å². The van der Waals surface area contributed by atoms with Crippen LogP contribution in [0.15, 0.2) is 47.8 Å². The van der Waals surface area contributed by atoms with Gasteiger partial charge in [0.1, 0.15) is 5.82 Å². The fourth-order valence-electron chi connectivity index (χ4n) is 1.49. The topological polar surface area (TPSA) is 81.4 Å². The standard InChI is InChI=1S/C10H8N6O/c17-10-13-8(15-5-1-3-11-15)7-9(14-10)16-6-2-4-12-16/h1-7H,(H,13,14,17). The third-order valence-electron chi connectivity index (χ3n) is 2.21. The highest BCUT2D eigenvalue weighted by Crippen LogP contribution is 2.05. The lowest BCUT2D eigenvalue weighted by molar-refractivity contribution is 0.790. The van der Waals surface area contributed by atoms with Crippen LogP contribution in [0.5, 0.6) is 0 Å². The first-order valence-electron chi connectivity index (χ1n) is 4.94. The predicted octanol–water partition coefficient (Wildman–Crippen LogP) is 0.141. The average Bonchev–Trinajstić information content (AvgIpc) is 3.02. The molecule has 84 valence electrons. The van der Waals surface area contributed by atoms with Crippen molar-refractivity contribution in [2.45, 2.75) is 0 Å². The van der Waals surface area contributed by atoms with Crippen LogP contribution in [0, 0.1) is 0 Å². The summed E-state index contributed by atoms with van der Waals surface area (Å²) in [6.07, 6.45) is 6.70. The Morgan fingerprint density at radius 2 is 1.76 bits per heavy atom. The van der Waals surface area contributed by atoms with Crippen LogP contribution in [-0.2, 0) is 0 Å². The molecule has 3 aromatic heterocycles. The number of nitrogens with one attached hydrogen (secondary N) is 1. The Morgan fingerprint density at radius 3 is 2.41 bits per heavy atom. The number of aromatic nitrogens is 6. The number of rotatable bonds is 2. The van der Waals surface area contributed by atoms with E-state index in [1.807, 2.05) is 0 Å². The molecule has 0 saturated carbocycles. The molecule has 0 bridgehead atoms. The van der Waals surface area contributed by atoms with E-state index in [0.29, 0.717) is 11.6 Å². The molecule has 3 rings (SSSR count). The first kappa shape index (κ1) is 9.52. The van der Waals surface area contributed by atoms with E-state index in [2.05, 4.69) is 20.2 Å². The highest BCUT2D eigenvalue weighted by atomic mass is 16.1. The van der Waals surface area contributed by atoms with Crippen LogP contribution in [-0.4, -0.2) is 29.5 Å².